The molecular formula is C5H7F2O2. The number of methoxy groups -OCH3 is 1. The van der Waals surface area contributed by atoms with Gasteiger partial charge in [0.15, 0.2) is 0 Å². The second-order valence-corrected chi connectivity index (χ2v) is 1.36. The second-order valence-electron chi connectivity index (χ2n) is 1.36. The van der Waals surface area contributed by atoms with Gasteiger partial charge in [-0.2, -0.15) is 0 Å². The highest BCUT2D eigenvalue weighted by Crippen LogP contribution is 2.02. The molecule has 0 heterocycles. The minimum Gasteiger partial charge on any atom is -0.468 e. The van der Waals surface area contributed by atoms with Crippen molar-refractivity contribution >= 4 is 5.97 Å². The first-order valence-corrected chi connectivity index (χ1v) is 2.31. The Balaban J connectivity index is 3.64. The zero-order chi connectivity index (χ0) is 7.28. The molecule has 53 valence electrons. The van der Waals surface area contributed by atoms with E-state index in [1.807, 2.05) is 0 Å². The Bertz CT molecular complexity index is 91.0. The SMILES string of the molecule is COC(=O)[C](CF)CF. The average molecular weight is 137 g/mol. The molecule has 0 atom stereocenters. The highest BCUT2D eigenvalue weighted by Gasteiger charge is 2.19. The number of rotatable bonds is 3. The van der Waals surface area contributed by atoms with Crippen LogP contribution in [0.4, 0.5) is 8.78 Å². The van der Waals surface area contributed by atoms with Crippen LogP contribution in [0, 0.1) is 5.92 Å². The molecule has 0 spiro atoms. The normalized spacial score (nSPS) is 9.78. The van der Waals surface area contributed by atoms with Crippen LogP contribution in [0.5, 0.6) is 0 Å². The maximum absolute atomic E-state index is 11.5. The molecule has 0 aromatic heterocycles. The molecule has 9 heavy (non-hydrogen) atoms. The van der Waals surface area contributed by atoms with Crippen LogP contribution in [0.25, 0.3) is 0 Å². The Morgan fingerprint density at radius 2 is 1.89 bits per heavy atom. The molecule has 0 saturated heterocycles. The Labute approximate surface area is 51.8 Å². The summed E-state index contributed by atoms with van der Waals surface area (Å²) in [6.07, 6.45) is 0. The predicted molar refractivity (Wildman–Crippen MR) is 27.2 cm³/mol. The maximum atomic E-state index is 11.5. The summed E-state index contributed by atoms with van der Waals surface area (Å²) in [6.45, 7) is -2.16. The number of hydrogen-bond acceptors (Lipinski definition) is 2. The van der Waals surface area contributed by atoms with Gasteiger partial charge in [0.2, 0.25) is 0 Å². The van der Waals surface area contributed by atoms with Crippen LogP contribution in [-0.4, -0.2) is 26.4 Å². The van der Waals surface area contributed by atoms with E-state index in [4.69, 9.17) is 0 Å². The van der Waals surface area contributed by atoms with Gasteiger partial charge >= 0.3 is 5.97 Å². The summed E-state index contributed by atoms with van der Waals surface area (Å²) in [6, 6.07) is 0. The van der Waals surface area contributed by atoms with Crippen molar-refractivity contribution in [2.45, 2.75) is 0 Å². The van der Waals surface area contributed by atoms with Crippen molar-refractivity contribution in [1.29, 1.82) is 0 Å². The first-order chi connectivity index (χ1) is 4.26. The van der Waals surface area contributed by atoms with Crippen molar-refractivity contribution in [2.24, 2.45) is 0 Å². The summed E-state index contributed by atoms with van der Waals surface area (Å²) in [4.78, 5) is 10.2. The van der Waals surface area contributed by atoms with E-state index in [2.05, 4.69) is 4.74 Å². The van der Waals surface area contributed by atoms with E-state index >= 15 is 0 Å². The van der Waals surface area contributed by atoms with Gasteiger partial charge in [-0.25, -0.2) is 8.78 Å². The predicted octanol–water partition coefficient (Wildman–Crippen LogP) is 0.673. The first-order valence-electron chi connectivity index (χ1n) is 2.31. The molecule has 0 unspecified atom stereocenters. The maximum Gasteiger partial charge on any atom is 0.318 e. The molecule has 0 fully saturated rings. The van der Waals surface area contributed by atoms with E-state index in [1.165, 1.54) is 0 Å². The van der Waals surface area contributed by atoms with E-state index in [9.17, 15) is 13.6 Å². The van der Waals surface area contributed by atoms with Crippen molar-refractivity contribution in [1.82, 2.24) is 0 Å². The minimum absolute atomic E-state index is 0.475. The van der Waals surface area contributed by atoms with Crippen LogP contribution in [0.15, 0.2) is 0 Å². The van der Waals surface area contributed by atoms with Gasteiger partial charge in [-0.1, -0.05) is 0 Å². The Kier molecular flexibility index (Phi) is 3.92. The molecule has 4 heteroatoms. The Hall–Kier alpha value is -0.670. The molecule has 0 aliphatic carbocycles. The second kappa shape index (κ2) is 4.23. The molecule has 0 rings (SSSR count). The fourth-order valence-electron chi connectivity index (χ4n) is 0.289. The molecule has 0 bridgehead atoms. The molecular weight excluding hydrogens is 130 g/mol. The molecule has 0 aromatic carbocycles. The molecule has 1 radical (unpaired) electrons. The summed E-state index contributed by atoms with van der Waals surface area (Å²) in [5.74, 6) is -1.39. The summed E-state index contributed by atoms with van der Waals surface area (Å²) < 4.78 is 27.1. The summed E-state index contributed by atoms with van der Waals surface area (Å²) in [5.41, 5.74) is 0. The number of esters is 1. The Morgan fingerprint density at radius 1 is 1.44 bits per heavy atom. The van der Waals surface area contributed by atoms with Crippen LogP contribution in [-0.2, 0) is 9.53 Å². The number of carbonyl (C=O) groups is 1. The number of alkyl halides is 2. The van der Waals surface area contributed by atoms with Gasteiger partial charge in [-0.05, 0) is 0 Å². The van der Waals surface area contributed by atoms with Crippen molar-refractivity contribution in [3.8, 4) is 0 Å². The topological polar surface area (TPSA) is 26.3 Å². The van der Waals surface area contributed by atoms with E-state index in [0.29, 0.717) is 0 Å². The van der Waals surface area contributed by atoms with E-state index < -0.39 is 25.2 Å². The molecule has 0 aliphatic rings. The van der Waals surface area contributed by atoms with E-state index in [0.717, 1.165) is 7.11 Å². The summed E-state index contributed by atoms with van der Waals surface area (Å²) in [7, 11) is 1.08. The van der Waals surface area contributed by atoms with E-state index in [1.54, 1.807) is 0 Å². The van der Waals surface area contributed by atoms with Gasteiger partial charge < -0.3 is 4.74 Å². The molecule has 0 amide bonds. The molecule has 0 saturated carbocycles. The van der Waals surface area contributed by atoms with Crippen LogP contribution in [0.1, 0.15) is 0 Å². The first kappa shape index (κ1) is 8.33. The fourth-order valence-corrected chi connectivity index (χ4v) is 0.289. The van der Waals surface area contributed by atoms with Gasteiger partial charge in [0.1, 0.15) is 19.3 Å². The summed E-state index contributed by atoms with van der Waals surface area (Å²) in [5, 5.41) is 0. The molecule has 0 N–H and O–H groups in total. The lowest BCUT2D eigenvalue weighted by Crippen LogP contribution is -2.17. The lowest BCUT2D eigenvalue weighted by Gasteiger charge is -2.02. The highest BCUT2D eigenvalue weighted by atomic mass is 19.1. The third-order valence-electron chi connectivity index (χ3n) is 0.797. The zero-order valence-electron chi connectivity index (χ0n) is 4.99. The van der Waals surface area contributed by atoms with Crippen molar-refractivity contribution in [3.63, 3.8) is 0 Å². The van der Waals surface area contributed by atoms with Crippen LogP contribution in [0.3, 0.4) is 0 Å². The fraction of sp³-hybridized carbons (Fsp3) is 0.600. The van der Waals surface area contributed by atoms with Crippen LogP contribution >= 0.6 is 0 Å². The smallest absolute Gasteiger partial charge is 0.318 e. The van der Waals surface area contributed by atoms with Gasteiger partial charge in [0.05, 0.1) is 7.11 Å². The summed E-state index contributed by atoms with van der Waals surface area (Å²) >= 11 is 0. The lowest BCUT2D eigenvalue weighted by molar-refractivity contribution is -0.139. The lowest BCUT2D eigenvalue weighted by atomic mass is 10.2. The highest BCUT2D eigenvalue weighted by molar-refractivity contribution is 5.84. The van der Waals surface area contributed by atoms with Crippen molar-refractivity contribution < 1.29 is 18.3 Å². The van der Waals surface area contributed by atoms with Crippen molar-refractivity contribution in [2.75, 3.05) is 20.5 Å². The third kappa shape index (κ3) is 2.39. The quantitative estimate of drug-likeness (QED) is 0.534. The van der Waals surface area contributed by atoms with Gasteiger partial charge in [-0.15, -0.1) is 0 Å². The van der Waals surface area contributed by atoms with Crippen molar-refractivity contribution in [3.05, 3.63) is 5.92 Å². The van der Waals surface area contributed by atoms with Gasteiger partial charge in [0, 0.05) is 0 Å². The monoisotopic (exact) mass is 137 g/mol. The van der Waals surface area contributed by atoms with Crippen LogP contribution in [0.2, 0.25) is 0 Å². The Morgan fingerprint density at radius 3 is 2.00 bits per heavy atom. The minimum atomic E-state index is -1.08. The molecule has 2 nitrogen and oxygen atoms in total. The molecule has 0 aromatic rings. The zero-order valence-corrected chi connectivity index (χ0v) is 4.99. The van der Waals surface area contributed by atoms with E-state index in [-0.39, 0.29) is 0 Å². The number of halogens is 2. The third-order valence-corrected chi connectivity index (χ3v) is 0.797. The molecule has 0 aliphatic heterocycles. The average Bonchev–Trinajstić information content (AvgIpc) is 1.90. The number of hydrogen-bond donors (Lipinski definition) is 0. The largest absolute Gasteiger partial charge is 0.468 e. The van der Waals surface area contributed by atoms with Crippen LogP contribution < -0.4 is 0 Å². The number of ether oxygens (including phenoxy) is 1. The van der Waals surface area contributed by atoms with Gasteiger partial charge in [-0.3, -0.25) is 4.79 Å². The standard InChI is InChI=1S/C5H7F2O2/c1-9-5(8)4(2-6)3-7/h2-3H2,1H3. The van der Waals surface area contributed by atoms with Gasteiger partial charge in [0.25, 0.3) is 0 Å². The number of carbonyl (C=O) groups excluding carboxylic acids is 1.